The molecule has 8 heteroatoms. The van der Waals surface area contributed by atoms with Crippen molar-refractivity contribution < 1.29 is 28.9 Å². The molecule has 0 unspecified atom stereocenters. The quantitative estimate of drug-likeness (QED) is 0.370. The molecule has 0 saturated heterocycles. The predicted octanol–water partition coefficient (Wildman–Crippen LogP) is 5.71. The highest BCUT2D eigenvalue weighted by molar-refractivity contribution is 8.18. The lowest BCUT2D eigenvalue weighted by Gasteiger charge is -2.18. The highest BCUT2D eigenvalue weighted by Gasteiger charge is 2.34. The van der Waals surface area contributed by atoms with Gasteiger partial charge in [0.25, 0.3) is 5.91 Å². The average Bonchev–Trinajstić information content (AvgIpc) is 3.16. The van der Waals surface area contributed by atoms with Gasteiger partial charge < -0.3 is 19.3 Å². The Morgan fingerprint density at radius 2 is 1.84 bits per heavy atom. The van der Waals surface area contributed by atoms with Crippen molar-refractivity contribution in [2.75, 3.05) is 20.3 Å². The highest BCUT2D eigenvalue weighted by atomic mass is 32.2. The van der Waals surface area contributed by atoms with Gasteiger partial charge in [-0.25, -0.2) is 9.79 Å². The summed E-state index contributed by atoms with van der Waals surface area (Å²) in [6.45, 7) is 8.10. The van der Waals surface area contributed by atoms with Gasteiger partial charge in [0, 0.05) is 5.56 Å². The molecule has 1 aliphatic rings. The molecule has 192 valence electrons. The van der Waals surface area contributed by atoms with E-state index < -0.39 is 11.9 Å². The van der Waals surface area contributed by atoms with Gasteiger partial charge in [0.1, 0.15) is 23.0 Å². The Morgan fingerprint density at radius 1 is 1.14 bits per heavy atom. The van der Waals surface area contributed by atoms with Crippen LogP contribution in [0.5, 0.6) is 11.5 Å². The zero-order valence-electron chi connectivity index (χ0n) is 21.5. The number of aliphatic hydroxyl groups excluding tert-OH is 1. The van der Waals surface area contributed by atoms with Crippen LogP contribution >= 0.6 is 11.8 Å². The molecule has 0 atom stereocenters. The molecule has 1 amide bonds. The van der Waals surface area contributed by atoms with Crippen molar-refractivity contribution in [1.29, 1.82) is 0 Å². The number of hydrogen-bond donors (Lipinski definition) is 1. The molecule has 0 saturated carbocycles. The summed E-state index contributed by atoms with van der Waals surface area (Å²) in [5.41, 5.74) is 1.89. The fourth-order valence-corrected chi connectivity index (χ4v) is 4.44. The fraction of sp³-hybridized carbons (Fsp3) is 0.276. The number of hydrogen-bond acceptors (Lipinski definition) is 7. The molecule has 7 nitrogen and oxygen atoms in total. The highest BCUT2D eigenvalue weighted by Crippen LogP contribution is 2.40. The van der Waals surface area contributed by atoms with Crippen LogP contribution in [0, 0.1) is 12.3 Å². The standard InChI is InChI=1S/C29H29NO6S/c1-7-15-36-21-14-9-18(16-22(21)34-6)17-23-25(31)24(28(33)35-8-2)27(37-23)30-26(32)19-10-12-20(13-11-19)29(3,4)5/h1,9-14,16-17,31H,8,15H2,2-6H3. The third-order valence-corrected chi connectivity index (χ3v) is 6.39. The van der Waals surface area contributed by atoms with Crippen LogP contribution in [0.15, 0.2) is 63.7 Å². The number of esters is 1. The van der Waals surface area contributed by atoms with Crippen LogP contribution < -0.4 is 9.47 Å². The molecular weight excluding hydrogens is 490 g/mol. The van der Waals surface area contributed by atoms with Gasteiger partial charge in [0.05, 0.1) is 18.6 Å². The molecule has 37 heavy (non-hydrogen) atoms. The summed E-state index contributed by atoms with van der Waals surface area (Å²) < 4.78 is 15.9. The monoisotopic (exact) mass is 519 g/mol. The van der Waals surface area contributed by atoms with Gasteiger partial charge in [-0.05, 0) is 53.8 Å². The van der Waals surface area contributed by atoms with Crippen LogP contribution in [0.2, 0.25) is 0 Å². The number of aliphatic hydroxyl groups is 1. The number of carbonyl (C=O) groups excluding carboxylic acids is 2. The maximum Gasteiger partial charge on any atom is 0.344 e. The summed E-state index contributed by atoms with van der Waals surface area (Å²) in [7, 11) is 1.50. The lowest BCUT2D eigenvalue weighted by molar-refractivity contribution is -0.138. The minimum Gasteiger partial charge on any atom is -0.506 e. The molecule has 0 aliphatic carbocycles. The Hall–Kier alpha value is -3.96. The summed E-state index contributed by atoms with van der Waals surface area (Å²) in [5, 5.41) is 11.0. The molecule has 3 rings (SSSR count). The minimum atomic E-state index is -0.763. The first-order valence-electron chi connectivity index (χ1n) is 11.6. The number of carbonyl (C=O) groups is 2. The van der Waals surface area contributed by atoms with E-state index >= 15 is 0 Å². The molecular formula is C29H29NO6S. The number of ether oxygens (including phenoxy) is 3. The zero-order chi connectivity index (χ0) is 27.2. The van der Waals surface area contributed by atoms with Crippen molar-refractivity contribution >= 4 is 34.8 Å². The zero-order valence-corrected chi connectivity index (χ0v) is 22.3. The van der Waals surface area contributed by atoms with Crippen molar-refractivity contribution in [2.24, 2.45) is 4.99 Å². The molecule has 2 aromatic rings. The Kier molecular flexibility index (Phi) is 8.85. The topological polar surface area (TPSA) is 94.4 Å². The number of benzene rings is 2. The molecule has 0 aromatic heterocycles. The van der Waals surface area contributed by atoms with Crippen LogP contribution in [-0.2, 0) is 14.9 Å². The second kappa shape index (κ2) is 11.8. The van der Waals surface area contributed by atoms with E-state index in [0.29, 0.717) is 27.5 Å². The molecule has 0 bridgehead atoms. The van der Waals surface area contributed by atoms with Crippen LogP contribution in [0.1, 0.15) is 49.2 Å². The second-order valence-corrected chi connectivity index (χ2v) is 10.0. The first-order chi connectivity index (χ1) is 17.6. The summed E-state index contributed by atoms with van der Waals surface area (Å²) in [6, 6.07) is 12.3. The Bertz CT molecular complexity index is 1320. The first-order valence-corrected chi connectivity index (χ1v) is 12.4. The van der Waals surface area contributed by atoms with Crippen molar-refractivity contribution in [3.8, 4) is 23.8 Å². The molecule has 1 N–H and O–H groups in total. The van der Waals surface area contributed by atoms with E-state index in [1.807, 2.05) is 12.1 Å². The Balaban J connectivity index is 1.97. The smallest absolute Gasteiger partial charge is 0.344 e. The second-order valence-electron chi connectivity index (χ2n) is 9.01. The van der Waals surface area contributed by atoms with E-state index in [-0.39, 0.29) is 35.0 Å². The van der Waals surface area contributed by atoms with Crippen molar-refractivity contribution in [1.82, 2.24) is 0 Å². The predicted molar refractivity (Wildman–Crippen MR) is 146 cm³/mol. The van der Waals surface area contributed by atoms with Crippen LogP contribution in [0.25, 0.3) is 6.08 Å². The summed E-state index contributed by atoms with van der Waals surface area (Å²) >= 11 is 1.00. The Labute approximate surface area is 221 Å². The number of methoxy groups -OCH3 is 1. The maximum absolute atomic E-state index is 12.9. The molecule has 0 radical (unpaired) electrons. The van der Waals surface area contributed by atoms with Gasteiger partial charge in [0.15, 0.2) is 11.5 Å². The van der Waals surface area contributed by atoms with Gasteiger partial charge in [-0.3, -0.25) is 4.79 Å². The van der Waals surface area contributed by atoms with Gasteiger partial charge in [-0.2, -0.15) is 0 Å². The van der Waals surface area contributed by atoms with Gasteiger partial charge in [0.2, 0.25) is 0 Å². The number of nitrogens with zero attached hydrogens (tertiary/aromatic N) is 1. The number of terminal acetylenes is 1. The van der Waals surface area contributed by atoms with Crippen LogP contribution in [-0.4, -0.2) is 42.4 Å². The number of thioether (sulfide) groups is 1. The van der Waals surface area contributed by atoms with E-state index in [9.17, 15) is 14.7 Å². The fourth-order valence-electron chi connectivity index (χ4n) is 3.43. The molecule has 2 aromatic carbocycles. The lowest BCUT2D eigenvalue weighted by atomic mass is 9.87. The van der Waals surface area contributed by atoms with E-state index in [1.54, 1.807) is 43.3 Å². The maximum atomic E-state index is 12.9. The van der Waals surface area contributed by atoms with Gasteiger partial charge >= 0.3 is 5.97 Å². The molecule has 0 spiro atoms. The molecule has 0 fully saturated rings. The lowest BCUT2D eigenvalue weighted by Crippen LogP contribution is -2.14. The first kappa shape index (κ1) is 27.6. The normalized spacial score (nSPS) is 15.6. The van der Waals surface area contributed by atoms with E-state index in [2.05, 4.69) is 31.7 Å². The SMILES string of the molecule is C#CCOc1ccc(C=C2SC(=NC(=O)c3ccc(C(C)(C)C)cc3)C(C(=O)OCC)=C2O)cc1OC. The third kappa shape index (κ3) is 6.63. The number of amides is 1. The molecule has 1 heterocycles. The van der Waals surface area contributed by atoms with Crippen molar-refractivity contribution in [2.45, 2.75) is 33.1 Å². The number of aliphatic imine (C=N–C) groups is 1. The van der Waals surface area contributed by atoms with Gasteiger partial charge in [-0.1, -0.05) is 56.7 Å². The van der Waals surface area contributed by atoms with Crippen LogP contribution in [0.3, 0.4) is 0 Å². The summed E-state index contributed by atoms with van der Waals surface area (Å²) in [5.74, 6) is 1.71. The van der Waals surface area contributed by atoms with E-state index in [4.69, 9.17) is 20.6 Å². The average molecular weight is 520 g/mol. The minimum absolute atomic E-state index is 0.0611. The summed E-state index contributed by atoms with van der Waals surface area (Å²) in [6.07, 6.45) is 6.91. The van der Waals surface area contributed by atoms with Crippen LogP contribution in [0.4, 0.5) is 0 Å². The summed E-state index contributed by atoms with van der Waals surface area (Å²) in [4.78, 5) is 30.1. The van der Waals surface area contributed by atoms with Crippen molar-refractivity contribution in [3.63, 3.8) is 0 Å². The third-order valence-electron chi connectivity index (χ3n) is 5.37. The Morgan fingerprint density at radius 3 is 2.43 bits per heavy atom. The van der Waals surface area contributed by atoms with Crippen molar-refractivity contribution in [3.05, 3.63) is 75.4 Å². The molecule has 1 aliphatic heterocycles. The van der Waals surface area contributed by atoms with Gasteiger partial charge in [-0.15, -0.1) is 6.42 Å². The number of rotatable bonds is 7. The van der Waals surface area contributed by atoms with E-state index in [0.717, 1.165) is 17.3 Å². The van der Waals surface area contributed by atoms with E-state index in [1.165, 1.54) is 7.11 Å². The largest absolute Gasteiger partial charge is 0.506 e.